The van der Waals surface area contributed by atoms with Crippen LogP contribution >= 0.6 is 0 Å². The van der Waals surface area contributed by atoms with Crippen LogP contribution < -0.4 is 62.2 Å². The average molecular weight is 438 g/mol. The smallest absolute Gasteiger partial charge is 0.550 e. The van der Waals surface area contributed by atoms with E-state index in [1.165, 1.54) is 89.9 Å². The molecule has 0 spiro atoms. The molecule has 0 aliphatic rings. The molecule has 0 amide bonds. The van der Waals surface area contributed by atoms with Gasteiger partial charge in [-0.25, -0.2) is 0 Å². The predicted molar refractivity (Wildman–Crippen MR) is 113 cm³/mol. The largest absolute Gasteiger partial charge is 1.00 e. The Morgan fingerprint density at radius 3 is 1.52 bits per heavy atom. The molecule has 6 heteroatoms. The van der Waals surface area contributed by atoms with Gasteiger partial charge in [-0.05, 0) is 19.3 Å². The van der Waals surface area contributed by atoms with Crippen LogP contribution in [0.2, 0.25) is 0 Å². The summed E-state index contributed by atoms with van der Waals surface area (Å²) in [5.74, 6) is -1.71. The number of nitrogens with two attached hydrogens (primary N) is 1. The van der Waals surface area contributed by atoms with Gasteiger partial charge < -0.3 is 20.4 Å². The minimum Gasteiger partial charge on any atom is -0.550 e. The molecule has 166 valence electrons. The third kappa shape index (κ3) is 24.7. The number of esters is 1. The molecule has 0 heterocycles. The monoisotopic (exact) mass is 437 g/mol. The van der Waals surface area contributed by atoms with E-state index in [4.69, 9.17) is 10.5 Å². The van der Waals surface area contributed by atoms with Crippen molar-refractivity contribution in [3.8, 4) is 0 Å². The molecule has 0 saturated heterocycles. The topological polar surface area (TPSA) is 92.5 Å². The molecule has 0 aromatic rings. The molecule has 0 fully saturated rings. The fourth-order valence-electron chi connectivity index (χ4n) is 3.32. The number of carboxylic acids is 1. The molecular formula is C23H44KNO4. The van der Waals surface area contributed by atoms with Crippen LogP contribution in [-0.4, -0.2) is 24.6 Å². The van der Waals surface area contributed by atoms with Crippen molar-refractivity contribution in [2.75, 3.05) is 6.61 Å². The van der Waals surface area contributed by atoms with Gasteiger partial charge in [-0.2, -0.15) is 0 Å². The van der Waals surface area contributed by atoms with E-state index in [1.54, 1.807) is 0 Å². The normalized spacial score (nSPS) is 11.7. The molecule has 5 nitrogen and oxygen atoms in total. The molecule has 0 radical (unpaired) electrons. The van der Waals surface area contributed by atoms with Crippen molar-refractivity contribution in [1.82, 2.24) is 0 Å². The van der Waals surface area contributed by atoms with Crippen molar-refractivity contribution < 1.29 is 70.8 Å². The maximum absolute atomic E-state index is 11.6. The minimum absolute atomic E-state index is 0. The Bertz CT molecular complexity index is 380. The molecule has 0 aromatic heterocycles. The van der Waals surface area contributed by atoms with Crippen molar-refractivity contribution in [3.05, 3.63) is 0 Å². The summed E-state index contributed by atoms with van der Waals surface area (Å²) in [5.41, 5.74) is 5.57. The van der Waals surface area contributed by atoms with E-state index in [0.29, 0.717) is 6.61 Å². The fourth-order valence-corrected chi connectivity index (χ4v) is 3.32. The Balaban J connectivity index is 0. The number of hydrogen-bond acceptors (Lipinski definition) is 5. The maximum Gasteiger partial charge on any atom is 1.00 e. The summed E-state index contributed by atoms with van der Waals surface area (Å²) in [6, 6.07) is -0.862. The van der Waals surface area contributed by atoms with Gasteiger partial charge in [-0.1, -0.05) is 103 Å². The molecule has 2 N–H and O–H groups in total. The molecule has 0 rings (SSSR count). The summed E-state index contributed by atoms with van der Waals surface area (Å²) in [6.45, 7) is 2.64. The third-order valence-electron chi connectivity index (χ3n) is 5.20. The number of carbonyl (C=O) groups excluding carboxylic acids is 2. The second kappa shape index (κ2) is 24.8. The number of carboxylic acid groups (broad SMARTS) is 1. The Morgan fingerprint density at radius 1 is 0.759 bits per heavy atom. The van der Waals surface area contributed by atoms with Crippen LogP contribution in [0.15, 0.2) is 0 Å². The van der Waals surface area contributed by atoms with E-state index in [2.05, 4.69) is 6.92 Å². The quantitative estimate of drug-likeness (QED) is 0.167. The Morgan fingerprint density at radius 2 is 1.14 bits per heavy atom. The van der Waals surface area contributed by atoms with Crippen LogP contribution in [0.3, 0.4) is 0 Å². The zero-order valence-electron chi connectivity index (χ0n) is 19.2. The van der Waals surface area contributed by atoms with Gasteiger partial charge >= 0.3 is 57.4 Å². The predicted octanol–water partition coefficient (Wildman–Crippen LogP) is 1.65. The van der Waals surface area contributed by atoms with Gasteiger partial charge in [0.1, 0.15) is 6.04 Å². The molecular weight excluding hydrogens is 393 g/mol. The number of rotatable bonds is 21. The van der Waals surface area contributed by atoms with Gasteiger partial charge in [0.05, 0.1) is 6.61 Å². The summed E-state index contributed by atoms with van der Waals surface area (Å²) in [5, 5.41) is 10.3. The number of hydrogen-bond donors (Lipinski definition) is 1. The second-order valence-electron chi connectivity index (χ2n) is 7.99. The average Bonchev–Trinajstić information content (AvgIpc) is 2.68. The standard InChI is InChI=1S/C23H45NO4.K/c1-2-3-4-5-6-7-8-9-10-11-12-13-14-15-16-17-20-28-23(27)21(24)18-19-22(25)26;/h21H,2-20,24H2,1H3,(H,25,26);/q;+1/p-1/t21-;/m0./s1. The van der Waals surface area contributed by atoms with E-state index in [0.717, 1.165) is 12.8 Å². The number of aliphatic carboxylic acids is 1. The third-order valence-corrected chi connectivity index (χ3v) is 5.20. The van der Waals surface area contributed by atoms with Crippen LogP contribution in [0, 0.1) is 0 Å². The van der Waals surface area contributed by atoms with Crippen molar-refractivity contribution in [1.29, 1.82) is 0 Å². The van der Waals surface area contributed by atoms with Gasteiger partial charge in [0, 0.05) is 5.97 Å². The summed E-state index contributed by atoms with van der Waals surface area (Å²) in [7, 11) is 0. The van der Waals surface area contributed by atoms with E-state index < -0.39 is 18.0 Å². The first-order chi connectivity index (χ1) is 13.6. The summed E-state index contributed by atoms with van der Waals surface area (Å²) < 4.78 is 5.08. The first kappa shape index (κ1) is 31.7. The van der Waals surface area contributed by atoms with Crippen molar-refractivity contribution in [2.24, 2.45) is 5.73 Å². The van der Waals surface area contributed by atoms with Gasteiger partial charge in [0.25, 0.3) is 0 Å². The van der Waals surface area contributed by atoms with Gasteiger partial charge in [-0.15, -0.1) is 0 Å². The van der Waals surface area contributed by atoms with Crippen LogP contribution in [0.5, 0.6) is 0 Å². The van der Waals surface area contributed by atoms with Crippen LogP contribution in [0.25, 0.3) is 0 Å². The van der Waals surface area contributed by atoms with E-state index in [9.17, 15) is 14.7 Å². The van der Waals surface area contributed by atoms with Gasteiger partial charge in [0.15, 0.2) is 0 Å². The number of ether oxygens (including phenoxy) is 1. The Kier molecular flexibility index (Phi) is 27.1. The van der Waals surface area contributed by atoms with E-state index >= 15 is 0 Å². The molecule has 0 aromatic carbocycles. The molecule has 0 bridgehead atoms. The Hall–Kier alpha value is 0.536. The van der Waals surface area contributed by atoms with E-state index in [1.807, 2.05) is 0 Å². The van der Waals surface area contributed by atoms with Crippen molar-refractivity contribution in [3.63, 3.8) is 0 Å². The maximum atomic E-state index is 11.6. The van der Waals surface area contributed by atoms with Crippen molar-refractivity contribution >= 4 is 11.9 Å². The zero-order valence-corrected chi connectivity index (χ0v) is 22.3. The summed E-state index contributed by atoms with van der Waals surface area (Å²) >= 11 is 0. The number of carbonyl (C=O) groups is 2. The minimum atomic E-state index is -1.19. The number of unbranched alkanes of at least 4 members (excludes halogenated alkanes) is 15. The first-order valence-corrected chi connectivity index (χ1v) is 11.7. The van der Waals surface area contributed by atoms with E-state index in [-0.39, 0.29) is 64.2 Å². The van der Waals surface area contributed by atoms with Gasteiger partial charge in [-0.3, -0.25) is 4.79 Å². The molecule has 1 atom stereocenters. The second-order valence-corrected chi connectivity index (χ2v) is 7.99. The van der Waals surface area contributed by atoms with Crippen molar-refractivity contribution in [2.45, 2.75) is 129 Å². The Labute approximate surface area is 221 Å². The van der Waals surface area contributed by atoms with Crippen LogP contribution in [0.4, 0.5) is 0 Å². The molecule has 0 aliphatic heterocycles. The first-order valence-electron chi connectivity index (χ1n) is 11.7. The zero-order chi connectivity index (χ0) is 20.9. The fraction of sp³-hybridized carbons (Fsp3) is 0.913. The summed E-state index contributed by atoms with van der Waals surface area (Å²) in [6.07, 6.45) is 20.7. The van der Waals surface area contributed by atoms with Gasteiger partial charge in [0.2, 0.25) is 0 Å². The molecule has 0 unspecified atom stereocenters. The van der Waals surface area contributed by atoms with Crippen LogP contribution in [0.1, 0.15) is 122 Å². The SMILES string of the molecule is CCCCCCCCCCCCCCCCCCOC(=O)[C@@H](N)CCC(=O)[O-].[K+]. The van der Waals surface area contributed by atoms with Crippen LogP contribution in [-0.2, 0) is 14.3 Å². The molecule has 0 saturated carbocycles. The molecule has 29 heavy (non-hydrogen) atoms. The molecule has 0 aliphatic carbocycles. The summed E-state index contributed by atoms with van der Waals surface area (Å²) in [4.78, 5) is 21.9.